The summed E-state index contributed by atoms with van der Waals surface area (Å²) in [4.78, 5) is 26.2. The molecule has 37 heavy (non-hydrogen) atoms. The summed E-state index contributed by atoms with van der Waals surface area (Å²) in [5.74, 6) is 2.34. The summed E-state index contributed by atoms with van der Waals surface area (Å²) >= 11 is 0. The predicted octanol–water partition coefficient (Wildman–Crippen LogP) is 3.25. The van der Waals surface area contributed by atoms with Crippen molar-refractivity contribution in [2.24, 2.45) is 0 Å². The zero-order chi connectivity index (χ0) is 25.6. The highest BCUT2D eigenvalue weighted by Crippen LogP contribution is 2.31. The Balaban J connectivity index is 1.19. The van der Waals surface area contributed by atoms with Gasteiger partial charge in [-0.15, -0.1) is 0 Å². The highest BCUT2D eigenvalue weighted by atomic mass is 16.6. The first-order valence-corrected chi connectivity index (χ1v) is 12.8. The Kier molecular flexibility index (Phi) is 7.87. The lowest BCUT2D eigenvalue weighted by Gasteiger charge is -2.32. The summed E-state index contributed by atoms with van der Waals surface area (Å²) in [6.45, 7) is 5.35. The number of benzene rings is 2. The zero-order valence-corrected chi connectivity index (χ0v) is 21.2. The largest absolute Gasteiger partial charge is 0.497 e. The molecule has 1 saturated heterocycles. The number of aromatic nitrogens is 1. The van der Waals surface area contributed by atoms with Crippen molar-refractivity contribution in [2.75, 3.05) is 40.0 Å². The number of piperidine rings is 1. The number of carbonyl (C=O) groups excluding carboxylic acids is 1. The number of nitrogens with one attached hydrogen (secondary N) is 1. The molecule has 1 aromatic heterocycles. The van der Waals surface area contributed by atoms with E-state index in [1.807, 2.05) is 28.8 Å². The average molecular weight is 504 g/mol. The van der Waals surface area contributed by atoms with Gasteiger partial charge in [0.2, 0.25) is 0 Å². The van der Waals surface area contributed by atoms with Crippen LogP contribution in [0.15, 0.2) is 53.3 Å². The lowest BCUT2D eigenvalue weighted by Crippen LogP contribution is -2.43. The summed E-state index contributed by atoms with van der Waals surface area (Å²) in [6, 6.07) is 13.9. The molecule has 1 fully saturated rings. The van der Waals surface area contributed by atoms with Gasteiger partial charge in [-0.25, -0.2) is 0 Å². The van der Waals surface area contributed by atoms with Gasteiger partial charge in [0.25, 0.3) is 5.56 Å². The number of pyridine rings is 1. The van der Waals surface area contributed by atoms with E-state index in [1.165, 1.54) is 11.6 Å². The van der Waals surface area contributed by atoms with Gasteiger partial charge in [-0.2, -0.15) is 0 Å². The molecule has 0 unspecified atom stereocenters. The van der Waals surface area contributed by atoms with E-state index >= 15 is 0 Å². The number of ether oxygens (including phenoxy) is 3. The first-order valence-electron chi connectivity index (χ1n) is 12.8. The highest BCUT2D eigenvalue weighted by molar-refractivity contribution is 5.91. The van der Waals surface area contributed by atoms with E-state index < -0.39 is 0 Å². The van der Waals surface area contributed by atoms with Crippen LogP contribution in [0.4, 0.5) is 0 Å². The summed E-state index contributed by atoms with van der Waals surface area (Å²) in [7, 11) is 1.62. The van der Waals surface area contributed by atoms with Crippen LogP contribution in [0.2, 0.25) is 0 Å². The van der Waals surface area contributed by atoms with Crippen molar-refractivity contribution >= 4 is 23.3 Å². The molecule has 2 aromatic carbocycles. The fourth-order valence-electron chi connectivity index (χ4n) is 5.09. The summed E-state index contributed by atoms with van der Waals surface area (Å²) < 4.78 is 18.5. The topological polar surface area (TPSA) is 82.0 Å². The van der Waals surface area contributed by atoms with Crippen LogP contribution in [0.3, 0.4) is 0 Å². The Labute approximate surface area is 216 Å². The lowest BCUT2D eigenvalue weighted by molar-refractivity contribution is -0.104. The van der Waals surface area contributed by atoms with E-state index in [1.54, 1.807) is 19.3 Å². The quantitative estimate of drug-likeness (QED) is 0.355. The lowest BCUT2D eigenvalue weighted by atomic mass is 10.0. The molecule has 0 radical (unpaired) electrons. The summed E-state index contributed by atoms with van der Waals surface area (Å²) in [5, 5.41) is 4.60. The molecule has 3 aromatic rings. The maximum Gasteiger partial charge on any atom is 0.251 e. The van der Waals surface area contributed by atoms with Gasteiger partial charge >= 0.3 is 0 Å². The van der Waals surface area contributed by atoms with Crippen LogP contribution in [0.5, 0.6) is 17.2 Å². The Hall–Kier alpha value is -3.62. The van der Waals surface area contributed by atoms with Crippen molar-refractivity contribution in [1.29, 1.82) is 0 Å². The van der Waals surface area contributed by atoms with Crippen LogP contribution >= 0.6 is 0 Å². The molecule has 194 valence electrons. The molecule has 0 atom stereocenters. The van der Waals surface area contributed by atoms with Gasteiger partial charge in [0.05, 0.1) is 12.6 Å². The number of carbonyl (C=O) groups is 1. The Morgan fingerprint density at radius 2 is 1.84 bits per heavy atom. The monoisotopic (exact) mass is 503 g/mol. The first kappa shape index (κ1) is 25.0. The minimum Gasteiger partial charge on any atom is -0.497 e. The number of likely N-dealkylation sites (tertiary alicyclic amines) is 1. The SMILES string of the molecule is COc1ccc2c(/C=C/C=O)cc(=O)n(CCN3CCC(NCc4ccc5c(c4)OCCO5)CC3)c2c1. The molecule has 0 spiro atoms. The second-order valence-corrected chi connectivity index (χ2v) is 9.44. The average Bonchev–Trinajstić information content (AvgIpc) is 2.94. The maximum absolute atomic E-state index is 13.0. The minimum absolute atomic E-state index is 0.0812. The van der Waals surface area contributed by atoms with Crippen LogP contribution in [0, 0.1) is 0 Å². The van der Waals surface area contributed by atoms with Gasteiger partial charge in [0.15, 0.2) is 11.5 Å². The third-order valence-corrected chi connectivity index (χ3v) is 7.13. The molecule has 8 nitrogen and oxygen atoms in total. The first-order chi connectivity index (χ1) is 18.1. The van der Waals surface area contributed by atoms with E-state index in [-0.39, 0.29) is 5.56 Å². The van der Waals surface area contributed by atoms with E-state index in [4.69, 9.17) is 14.2 Å². The molecule has 0 bridgehead atoms. The number of hydrogen-bond acceptors (Lipinski definition) is 7. The van der Waals surface area contributed by atoms with Crippen LogP contribution in [-0.4, -0.2) is 61.8 Å². The molecule has 8 heteroatoms. The minimum atomic E-state index is -0.0812. The van der Waals surface area contributed by atoms with E-state index in [9.17, 15) is 9.59 Å². The molecular formula is C29H33N3O5. The van der Waals surface area contributed by atoms with Crippen LogP contribution < -0.4 is 25.1 Å². The molecule has 0 amide bonds. The second kappa shape index (κ2) is 11.6. The van der Waals surface area contributed by atoms with Crippen LogP contribution in [0.1, 0.15) is 24.0 Å². The third-order valence-electron chi connectivity index (χ3n) is 7.13. The van der Waals surface area contributed by atoms with Crippen molar-refractivity contribution in [3.05, 3.63) is 70.0 Å². The molecule has 1 N–H and O–H groups in total. The third kappa shape index (κ3) is 5.87. The number of rotatable bonds is 9. The van der Waals surface area contributed by atoms with Crippen LogP contribution in [-0.2, 0) is 17.9 Å². The second-order valence-electron chi connectivity index (χ2n) is 9.44. The van der Waals surface area contributed by atoms with Crippen molar-refractivity contribution in [3.63, 3.8) is 0 Å². The van der Waals surface area contributed by atoms with Gasteiger partial charge < -0.3 is 29.0 Å². The number of allylic oxidation sites excluding steroid dienone is 1. The number of aldehydes is 1. The van der Waals surface area contributed by atoms with Crippen molar-refractivity contribution in [3.8, 4) is 17.2 Å². The predicted molar refractivity (Wildman–Crippen MR) is 144 cm³/mol. The summed E-state index contributed by atoms with van der Waals surface area (Å²) in [6.07, 6.45) is 5.92. The summed E-state index contributed by atoms with van der Waals surface area (Å²) in [5.41, 5.74) is 2.66. The molecule has 2 aliphatic heterocycles. The Bertz CT molecular complexity index is 1340. The fourth-order valence-corrected chi connectivity index (χ4v) is 5.09. The molecule has 2 aliphatic rings. The fraction of sp³-hybridized carbons (Fsp3) is 0.379. The molecule has 0 aliphatic carbocycles. The van der Waals surface area contributed by atoms with Gasteiger partial charge in [-0.05, 0) is 67.4 Å². The number of hydrogen-bond donors (Lipinski definition) is 1. The number of methoxy groups -OCH3 is 1. The van der Waals surface area contributed by atoms with Gasteiger partial charge in [-0.1, -0.05) is 12.1 Å². The molecule has 3 heterocycles. The van der Waals surface area contributed by atoms with Gasteiger partial charge in [0.1, 0.15) is 25.2 Å². The van der Waals surface area contributed by atoms with E-state index in [2.05, 4.69) is 22.3 Å². The maximum atomic E-state index is 13.0. The van der Waals surface area contributed by atoms with E-state index in [0.717, 1.165) is 73.3 Å². The number of fused-ring (bicyclic) bond motifs is 2. The Morgan fingerprint density at radius 1 is 1.03 bits per heavy atom. The molecular weight excluding hydrogens is 470 g/mol. The van der Waals surface area contributed by atoms with Crippen molar-refractivity contribution < 1.29 is 19.0 Å². The van der Waals surface area contributed by atoms with Gasteiger partial charge in [-0.3, -0.25) is 9.59 Å². The molecule has 0 saturated carbocycles. The standard InChI is InChI=1S/C29H33N3O5/c1-35-24-5-6-25-22(3-2-14-33)18-29(34)32(26(25)19-24)13-12-31-10-8-23(9-11-31)30-20-21-4-7-27-28(17-21)37-16-15-36-27/h2-7,14,17-19,23,30H,8-13,15-16,20H2,1H3/b3-2+. The van der Waals surface area contributed by atoms with Gasteiger partial charge in [0, 0.05) is 43.2 Å². The number of nitrogens with zero attached hydrogens (tertiary/aromatic N) is 2. The van der Waals surface area contributed by atoms with Crippen molar-refractivity contribution in [1.82, 2.24) is 14.8 Å². The van der Waals surface area contributed by atoms with Crippen LogP contribution in [0.25, 0.3) is 17.0 Å². The van der Waals surface area contributed by atoms with Crippen molar-refractivity contribution in [2.45, 2.75) is 32.0 Å². The van der Waals surface area contributed by atoms with E-state index in [0.29, 0.717) is 31.5 Å². The zero-order valence-electron chi connectivity index (χ0n) is 21.2. The highest BCUT2D eigenvalue weighted by Gasteiger charge is 2.20. The molecule has 5 rings (SSSR count). The normalized spacial score (nSPS) is 16.4. The Morgan fingerprint density at radius 3 is 2.62 bits per heavy atom. The smallest absolute Gasteiger partial charge is 0.251 e.